The van der Waals surface area contributed by atoms with Crippen LogP contribution < -0.4 is 14.8 Å². The molecular weight excluding hydrogens is 530 g/mol. The molecule has 2 atom stereocenters. The van der Waals surface area contributed by atoms with Crippen molar-refractivity contribution in [3.8, 4) is 11.5 Å². The molecule has 10 heteroatoms. The average Bonchev–Trinajstić information content (AvgIpc) is 2.92. The zero-order chi connectivity index (χ0) is 30.6. The van der Waals surface area contributed by atoms with Gasteiger partial charge >= 0.3 is 24.1 Å². The van der Waals surface area contributed by atoms with E-state index in [0.717, 1.165) is 32.1 Å². The van der Waals surface area contributed by atoms with Gasteiger partial charge in [-0.3, -0.25) is 14.4 Å². The van der Waals surface area contributed by atoms with E-state index in [2.05, 4.69) is 5.32 Å². The molecule has 1 aromatic rings. The summed E-state index contributed by atoms with van der Waals surface area (Å²) in [5, 5.41) is 3.07. The van der Waals surface area contributed by atoms with Gasteiger partial charge in [0.2, 0.25) is 0 Å². The summed E-state index contributed by atoms with van der Waals surface area (Å²) in [6.45, 7) is 10.3. The highest BCUT2D eigenvalue weighted by atomic mass is 16.7. The van der Waals surface area contributed by atoms with Crippen LogP contribution in [0.25, 0.3) is 0 Å². The summed E-state index contributed by atoms with van der Waals surface area (Å²) in [5.41, 5.74) is 0.650. The Morgan fingerprint density at radius 2 is 1.46 bits per heavy atom. The summed E-state index contributed by atoms with van der Waals surface area (Å²) in [5.74, 6) is -0.661. The lowest BCUT2D eigenvalue weighted by Crippen LogP contribution is -2.43. The van der Waals surface area contributed by atoms with Crippen molar-refractivity contribution in [1.29, 1.82) is 0 Å². The summed E-state index contributed by atoms with van der Waals surface area (Å²) in [7, 11) is 1.29. The summed E-state index contributed by atoms with van der Waals surface area (Å²) in [6.07, 6.45) is 5.26. The van der Waals surface area contributed by atoms with E-state index < -0.39 is 36.2 Å². The highest BCUT2D eigenvalue weighted by Gasteiger charge is 2.23. The Kier molecular flexibility index (Phi) is 18.1. The van der Waals surface area contributed by atoms with Gasteiger partial charge in [0.05, 0.1) is 13.7 Å². The van der Waals surface area contributed by atoms with E-state index in [4.69, 9.17) is 23.7 Å². The Bertz CT molecular complexity index is 948. The molecule has 0 aromatic heterocycles. The van der Waals surface area contributed by atoms with Crippen LogP contribution in [-0.2, 0) is 35.0 Å². The smallest absolute Gasteiger partial charge is 0.468 e. The maximum atomic E-state index is 12.5. The molecule has 0 fully saturated rings. The van der Waals surface area contributed by atoms with Crippen molar-refractivity contribution in [3.63, 3.8) is 0 Å². The molecule has 1 aromatic carbocycles. The third-order valence-corrected chi connectivity index (χ3v) is 6.21. The molecule has 0 aliphatic rings. The molecule has 0 spiro atoms. The van der Waals surface area contributed by atoms with Crippen molar-refractivity contribution in [2.24, 2.45) is 5.92 Å². The first-order valence-corrected chi connectivity index (χ1v) is 14.8. The Hall–Kier alpha value is -3.14. The van der Waals surface area contributed by atoms with Crippen LogP contribution in [0, 0.1) is 5.92 Å². The second-order valence-corrected chi connectivity index (χ2v) is 10.5. The first kappa shape index (κ1) is 35.9. The number of ether oxygens (including phenoxy) is 5. The van der Waals surface area contributed by atoms with Gasteiger partial charge in [0.1, 0.15) is 12.1 Å². The summed E-state index contributed by atoms with van der Waals surface area (Å²) in [4.78, 5) is 49.3. The summed E-state index contributed by atoms with van der Waals surface area (Å²) < 4.78 is 26.4. The van der Waals surface area contributed by atoms with Gasteiger partial charge in [-0.15, -0.1) is 0 Å². The van der Waals surface area contributed by atoms with Crippen molar-refractivity contribution < 1.29 is 42.9 Å². The molecule has 41 heavy (non-hydrogen) atoms. The maximum Gasteiger partial charge on any atom is 0.508 e. The van der Waals surface area contributed by atoms with Crippen LogP contribution in [0.4, 0.5) is 4.79 Å². The number of carbonyl (C=O) groups is 4. The third kappa shape index (κ3) is 16.0. The Morgan fingerprint density at radius 1 is 0.854 bits per heavy atom. The molecule has 10 nitrogen and oxygen atoms in total. The van der Waals surface area contributed by atoms with Gasteiger partial charge in [-0.1, -0.05) is 59.4 Å². The molecule has 0 radical (unpaired) electrons. The van der Waals surface area contributed by atoms with Crippen LogP contribution in [-0.4, -0.2) is 56.5 Å². The Morgan fingerprint density at radius 3 is 2.02 bits per heavy atom. The molecule has 1 unspecified atom stereocenters. The first-order chi connectivity index (χ1) is 19.6. The zero-order valence-corrected chi connectivity index (χ0v) is 25.6. The van der Waals surface area contributed by atoms with E-state index in [1.54, 1.807) is 25.1 Å². The number of carbonyl (C=O) groups excluding carboxylic acids is 4. The van der Waals surface area contributed by atoms with Gasteiger partial charge in [-0.05, 0) is 56.2 Å². The van der Waals surface area contributed by atoms with Gasteiger partial charge in [-0.25, -0.2) is 4.79 Å². The van der Waals surface area contributed by atoms with Gasteiger partial charge in [0, 0.05) is 19.4 Å². The minimum absolute atomic E-state index is 0.123. The normalized spacial score (nSPS) is 12.4. The van der Waals surface area contributed by atoms with Crippen molar-refractivity contribution in [2.45, 2.75) is 111 Å². The molecule has 0 aliphatic carbocycles. The quantitative estimate of drug-likeness (QED) is 0.113. The molecule has 1 N–H and O–H groups in total. The molecule has 0 saturated heterocycles. The lowest BCUT2D eigenvalue weighted by Gasteiger charge is -2.20. The number of rotatable bonds is 20. The lowest BCUT2D eigenvalue weighted by atomic mass is 10.0. The predicted octanol–water partition coefficient (Wildman–Crippen LogP) is 5.92. The predicted molar refractivity (Wildman–Crippen MR) is 155 cm³/mol. The Labute approximate surface area is 244 Å². The molecule has 232 valence electrons. The van der Waals surface area contributed by atoms with Crippen LogP contribution >= 0.6 is 0 Å². The molecule has 0 bridgehead atoms. The van der Waals surface area contributed by atoms with E-state index in [1.807, 2.05) is 27.7 Å². The van der Waals surface area contributed by atoms with Gasteiger partial charge < -0.3 is 29.0 Å². The van der Waals surface area contributed by atoms with Gasteiger partial charge in [-0.2, -0.15) is 0 Å². The van der Waals surface area contributed by atoms with Crippen LogP contribution in [0.3, 0.4) is 0 Å². The van der Waals surface area contributed by atoms with Gasteiger partial charge in [0.25, 0.3) is 0 Å². The fourth-order valence-electron chi connectivity index (χ4n) is 3.77. The van der Waals surface area contributed by atoms with Gasteiger partial charge in [0.15, 0.2) is 11.5 Å². The number of benzene rings is 1. The SMILES string of the molecule is CCCCCC(=O)Oc1ccc(C[C@H](NCC(C)OC(=O)OCCC(C)C)C(=O)OC)cc1OC(=O)CCCCC. The molecule has 0 saturated carbocycles. The largest absolute Gasteiger partial charge is 0.508 e. The van der Waals surface area contributed by atoms with Crippen molar-refractivity contribution in [3.05, 3.63) is 23.8 Å². The van der Waals surface area contributed by atoms with Crippen LogP contribution in [0.15, 0.2) is 18.2 Å². The number of hydrogen-bond donors (Lipinski definition) is 1. The van der Waals surface area contributed by atoms with Crippen molar-refractivity contribution >= 4 is 24.1 Å². The highest BCUT2D eigenvalue weighted by Crippen LogP contribution is 2.30. The molecule has 0 aliphatic heterocycles. The second kappa shape index (κ2) is 20.7. The van der Waals surface area contributed by atoms with Crippen LogP contribution in [0.2, 0.25) is 0 Å². The fourth-order valence-corrected chi connectivity index (χ4v) is 3.77. The minimum Gasteiger partial charge on any atom is -0.468 e. The van der Waals surface area contributed by atoms with E-state index in [-0.39, 0.29) is 43.9 Å². The molecule has 0 heterocycles. The topological polar surface area (TPSA) is 126 Å². The highest BCUT2D eigenvalue weighted by molar-refractivity contribution is 5.77. The molecule has 0 amide bonds. The summed E-state index contributed by atoms with van der Waals surface area (Å²) in [6, 6.07) is 4.08. The molecular formula is C31H49NO9. The van der Waals surface area contributed by atoms with Crippen molar-refractivity contribution in [1.82, 2.24) is 5.32 Å². The van der Waals surface area contributed by atoms with Crippen LogP contribution in [0.1, 0.15) is 98.0 Å². The van der Waals surface area contributed by atoms with E-state index in [0.29, 0.717) is 24.3 Å². The monoisotopic (exact) mass is 579 g/mol. The third-order valence-electron chi connectivity index (χ3n) is 6.21. The van der Waals surface area contributed by atoms with E-state index in [9.17, 15) is 19.2 Å². The van der Waals surface area contributed by atoms with Crippen LogP contribution in [0.5, 0.6) is 11.5 Å². The molecule has 1 rings (SSSR count). The zero-order valence-electron chi connectivity index (χ0n) is 25.6. The summed E-state index contributed by atoms with van der Waals surface area (Å²) >= 11 is 0. The maximum absolute atomic E-state index is 12.5. The Balaban J connectivity index is 2.94. The second-order valence-electron chi connectivity index (χ2n) is 10.5. The lowest BCUT2D eigenvalue weighted by molar-refractivity contribution is -0.143. The first-order valence-electron chi connectivity index (χ1n) is 14.8. The fraction of sp³-hybridized carbons (Fsp3) is 0.677. The number of esters is 3. The van der Waals surface area contributed by atoms with E-state index >= 15 is 0 Å². The number of methoxy groups -OCH3 is 1. The van der Waals surface area contributed by atoms with Crippen molar-refractivity contribution in [2.75, 3.05) is 20.3 Å². The minimum atomic E-state index is -0.779. The number of unbranched alkanes of at least 4 members (excludes halogenated alkanes) is 4. The van der Waals surface area contributed by atoms with E-state index in [1.165, 1.54) is 7.11 Å². The standard InChI is InChI=1S/C31H49NO9/c1-7-9-11-13-28(33)40-26-16-15-24(20-27(26)41-29(34)14-12-10-8-2)19-25(30(35)37-6)32-21-23(5)39-31(36)38-18-17-22(3)4/h15-16,20,22-23,25,32H,7-14,17-19,21H2,1-6H3/t23?,25-/m0/s1. The number of hydrogen-bond acceptors (Lipinski definition) is 10. The average molecular weight is 580 g/mol. The number of nitrogens with one attached hydrogen (secondary N) is 1.